The van der Waals surface area contributed by atoms with E-state index in [1.807, 2.05) is 7.05 Å². The molecular weight excluding hydrogens is 208 g/mol. The van der Waals surface area contributed by atoms with Crippen LogP contribution in [-0.2, 0) is 0 Å². The first-order valence-corrected chi connectivity index (χ1v) is 5.67. The van der Waals surface area contributed by atoms with Gasteiger partial charge in [-0.15, -0.1) is 0 Å². The van der Waals surface area contributed by atoms with E-state index in [9.17, 15) is 0 Å². The summed E-state index contributed by atoms with van der Waals surface area (Å²) in [5.41, 5.74) is 8.66. The number of hydrogen-bond donors (Lipinski definition) is 1. The van der Waals surface area contributed by atoms with Crippen LogP contribution in [0.2, 0.25) is 0 Å². The fourth-order valence-electron chi connectivity index (χ4n) is 1.69. The van der Waals surface area contributed by atoms with E-state index in [2.05, 4.69) is 48.4 Å². The smallest absolute Gasteiger partial charge is 0.0594 e. The van der Waals surface area contributed by atoms with Crippen LogP contribution in [0.1, 0.15) is 6.42 Å². The fourth-order valence-corrected chi connectivity index (χ4v) is 1.69. The van der Waals surface area contributed by atoms with Crippen molar-refractivity contribution in [2.45, 2.75) is 6.42 Å². The summed E-state index contributed by atoms with van der Waals surface area (Å²) in [7, 11) is 2.00. The molecule has 0 spiro atoms. The predicted octanol–water partition coefficient (Wildman–Crippen LogP) is 2.90. The summed E-state index contributed by atoms with van der Waals surface area (Å²) in [4.78, 5) is 2.07. The van der Waals surface area contributed by atoms with Crippen LogP contribution in [0, 0.1) is 0 Å². The van der Waals surface area contributed by atoms with Gasteiger partial charge >= 0.3 is 0 Å². The SMILES string of the molecule is C=C/C(N)=C(\C=C)N(C)CC1=CC=CCC=C1. The first kappa shape index (κ1) is 13.1. The summed E-state index contributed by atoms with van der Waals surface area (Å²) in [5.74, 6) is 0. The van der Waals surface area contributed by atoms with E-state index < -0.39 is 0 Å². The number of nitrogens with two attached hydrogens (primary N) is 1. The van der Waals surface area contributed by atoms with Gasteiger partial charge in [-0.25, -0.2) is 0 Å². The second-order valence-corrected chi connectivity index (χ2v) is 3.91. The minimum absolute atomic E-state index is 0.649. The molecule has 1 aliphatic rings. The first-order chi connectivity index (χ1) is 8.19. The van der Waals surface area contributed by atoms with Gasteiger partial charge in [0.2, 0.25) is 0 Å². The first-order valence-electron chi connectivity index (χ1n) is 5.67. The zero-order valence-corrected chi connectivity index (χ0v) is 10.4. The number of allylic oxidation sites excluding steroid dienone is 6. The van der Waals surface area contributed by atoms with Crippen molar-refractivity contribution in [2.75, 3.05) is 13.6 Å². The summed E-state index contributed by atoms with van der Waals surface area (Å²) in [6.45, 7) is 8.26. The summed E-state index contributed by atoms with van der Waals surface area (Å²) >= 11 is 0. The third-order valence-electron chi connectivity index (χ3n) is 2.59. The van der Waals surface area contributed by atoms with Gasteiger partial charge in [0.25, 0.3) is 0 Å². The molecule has 0 aromatic heterocycles. The van der Waals surface area contributed by atoms with Crippen LogP contribution in [0.25, 0.3) is 0 Å². The summed E-state index contributed by atoms with van der Waals surface area (Å²) in [6.07, 6.45) is 15.0. The molecule has 0 radical (unpaired) electrons. The minimum Gasteiger partial charge on any atom is -0.397 e. The highest BCUT2D eigenvalue weighted by Crippen LogP contribution is 2.12. The van der Waals surface area contributed by atoms with Crippen molar-refractivity contribution in [3.63, 3.8) is 0 Å². The van der Waals surface area contributed by atoms with Gasteiger partial charge in [0, 0.05) is 13.6 Å². The average molecular weight is 228 g/mol. The monoisotopic (exact) mass is 228 g/mol. The Morgan fingerprint density at radius 2 is 2.18 bits per heavy atom. The zero-order valence-electron chi connectivity index (χ0n) is 10.4. The topological polar surface area (TPSA) is 29.3 Å². The molecule has 0 heterocycles. The van der Waals surface area contributed by atoms with Gasteiger partial charge in [-0.05, 0) is 24.1 Å². The number of hydrogen-bond acceptors (Lipinski definition) is 2. The van der Waals surface area contributed by atoms with Crippen LogP contribution in [0.5, 0.6) is 0 Å². The van der Waals surface area contributed by atoms with Crippen molar-refractivity contribution in [2.24, 2.45) is 5.73 Å². The van der Waals surface area contributed by atoms with E-state index >= 15 is 0 Å². The molecule has 17 heavy (non-hydrogen) atoms. The molecule has 1 rings (SSSR count). The molecule has 0 atom stereocenters. The minimum atomic E-state index is 0.649. The molecular formula is C15H20N2. The molecule has 2 nitrogen and oxygen atoms in total. The van der Waals surface area contributed by atoms with Gasteiger partial charge in [0.05, 0.1) is 11.4 Å². The Bertz CT molecular complexity index is 409. The van der Waals surface area contributed by atoms with Gasteiger partial charge < -0.3 is 10.6 Å². The molecule has 0 aliphatic heterocycles. The molecule has 0 bridgehead atoms. The van der Waals surface area contributed by atoms with Crippen molar-refractivity contribution in [3.05, 3.63) is 72.7 Å². The maximum absolute atomic E-state index is 5.86. The van der Waals surface area contributed by atoms with Crippen molar-refractivity contribution >= 4 is 0 Å². The highest BCUT2D eigenvalue weighted by Gasteiger charge is 2.05. The fraction of sp³-hybridized carbons (Fsp3) is 0.200. The van der Waals surface area contributed by atoms with Crippen LogP contribution in [-0.4, -0.2) is 18.5 Å². The molecule has 0 aromatic rings. The van der Waals surface area contributed by atoms with Crippen molar-refractivity contribution in [1.29, 1.82) is 0 Å². The Hall–Kier alpha value is -1.96. The molecule has 0 amide bonds. The lowest BCUT2D eigenvalue weighted by Crippen LogP contribution is -2.22. The third-order valence-corrected chi connectivity index (χ3v) is 2.59. The Labute approximate surface area is 104 Å². The zero-order chi connectivity index (χ0) is 12.7. The van der Waals surface area contributed by atoms with Crippen LogP contribution in [0.4, 0.5) is 0 Å². The van der Waals surface area contributed by atoms with E-state index in [4.69, 9.17) is 5.73 Å². The van der Waals surface area contributed by atoms with Crippen molar-refractivity contribution < 1.29 is 0 Å². The van der Waals surface area contributed by atoms with E-state index in [0.717, 1.165) is 18.7 Å². The predicted molar refractivity (Wildman–Crippen MR) is 75.2 cm³/mol. The standard InChI is InChI=1S/C15H20N2/c1-4-14(16)15(5-2)17(3)12-13-10-8-6-7-9-11-13/h4-6,8-11H,1-2,7,12,16H2,3H3/b15-14-. The van der Waals surface area contributed by atoms with Crippen molar-refractivity contribution in [1.82, 2.24) is 4.90 Å². The summed E-state index contributed by atoms with van der Waals surface area (Å²) in [5, 5.41) is 0. The Morgan fingerprint density at radius 3 is 2.82 bits per heavy atom. The highest BCUT2D eigenvalue weighted by atomic mass is 15.1. The van der Waals surface area contributed by atoms with E-state index in [-0.39, 0.29) is 0 Å². The maximum atomic E-state index is 5.86. The van der Waals surface area contributed by atoms with Crippen LogP contribution < -0.4 is 5.73 Å². The van der Waals surface area contributed by atoms with Gasteiger partial charge in [-0.2, -0.15) is 0 Å². The normalized spacial score (nSPS) is 15.7. The molecule has 0 saturated heterocycles. The maximum Gasteiger partial charge on any atom is 0.0594 e. The van der Waals surface area contributed by atoms with Crippen LogP contribution in [0.3, 0.4) is 0 Å². The van der Waals surface area contributed by atoms with Crippen LogP contribution in [0.15, 0.2) is 72.7 Å². The number of nitrogens with zero attached hydrogens (tertiary/aromatic N) is 1. The Morgan fingerprint density at radius 1 is 1.41 bits per heavy atom. The second-order valence-electron chi connectivity index (χ2n) is 3.91. The van der Waals surface area contributed by atoms with Gasteiger partial charge in [-0.1, -0.05) is 43.5 Å². The number of rotatable bonds is 5. The third kappa shape index (κ3) is 3.83. The summed E-state index contributed by atoms with van der Waals surface area (Å²) < 4.78 is 0. The van der Waals surface area contributed by atoms with E-state index in [1.165, 1.54) is 5.57 Å². The Balaban J connectivity index is 2.81. The quantitative estimate of drug-likeness (QED) is 0.733. The lowest BCUT2D eigenvalue weighted by molar-refractivity contribution is 0.467. The molecule has 0 fully saturated rings. The average Bonchev–Trinajstić information content (AvgIpc) is 2.58. The van der Waals surface area contributed by atoms with E-state index in [1.54, 1.807) is 12.2 Å². The lowest BCUT2D eigenvalue weighted by Gasteiger charge is -2.22. The molecule has 2 N–H and O–H groups in total. The molecule has 2 heteroatoms. The summed E-state index contributed by atoms with van der Waals surface area (Å²) in [6, 6.07) is 0. The van der Waals surface area contributed by atoms with Gasteiger partial charge in [-0.3, -0.25) is 0 Å². The second kappa shape index (κ2) is 6.59. The molecule has 0 unspecified atom stereocenters. The molecule has 90 valence electrons. The largest absolute Gasteiger partial charge is 0.397 e. The van der Waals surface area contributed by atoms with Crippen molar-refractivity contribution in [3.8, 4) is 0 Å². The lowest BCUT2D eigenvalue weighted by atomic mass is 10.2. The molecule has 1 aliphatic carbocycles. The highest BCUT2D eigenvalue weighted by molar-refractivity contribution is 5.32. The number of likely N-dealkylation sites (N-methyl/N-ethyl adjacent to an activating group) is 1. The molecule has 0 saturated carbocycles. The van der Waals surface area contributed by atoms with Gasteiger partial charge in [0.15, 0.2) is 0 Å². The molecule has 0 aromatic carbocycles. The Kier molecular flexibility index (Phi) is 5.08. The van der Waals surface area contributed by atoms with E-state index in [0.29, 0.717) is 5.70 Å². The van der Waals surface area contributed by atoms with Crippen LogP contribution >= 0.6 is 0 Å². The van der Waals surface area contributed by atoms with Gasteiger partial charge in [0.1, 0.15) is 0 Å².